The second kappa shape index (κ2) is 7.41. The maximum Gasteiger partial charge on any atom is 0.374 e. The lowest BCUT2D eigenvalue weighted by Crippen LogP contribution is -2.41. The van der Waals surface area contributed by atoms with Crippen molar-refractivity contribution in [3.8, 4) is 0 Å². The minimum Gasteiger partial charge on any atom is -0.480 e. The molecular formula is C13H19NO7S. The molecule has 124 valence electrons. The standard InChI is InChI=1S/C13H19NO7S/c1-4-20-13(17)10-5-6-11(21-10)22(18,19)14-9(12(15)16)7-8(2)3/h5-6,8-9,14H,4,7H2,1-3H3,(H,15,16). The molecule has 0 saturated heterocycles. The van der Waals surface area contributed by atoms with E-state index in [1.54, 1.807) is 20.8 Å². The average molecular weight is 333 g/mol. The van der Waals surface area contributed by atoms with Crippen LogP contribution in [0.2, 0.25) is 0 Å². The normalized spacial score (nSPS) is 13.1. The van der Waals surface area contributed by atoms with Crippen molar-refractivity contribution in [1.82, 2.24) is 4.72 Å². The molecule has 0 bridgehead atoms. The first-order valence-electron chi connectivity index (χ1n) is 6.69. The van der Waals surface area contributed by atoms with Crippen molar-refractivity contribution in [2.45, 2.75) is 38.3 Å². The molecule has 2 N–H and O–H groups in total. The Morgan fingerprint density at radius 3 is 2.50 bits per heavy atom. The number of sulfonamides is 1. The third kappa shape index (κ3) is 4.85. The number of nitrogens with one attached hydrogen (secondary N) is 1. The number of furan rings is 1. The molecule has 1 atom stereocenters. The zero-order valence-corrected chi connectivity index (χ0v) is 13.3. The molecule has 0 aliphatic rings. The van der Waals surface area contributed by atoms with E-state index in [-0.39, 0.29) is 24.7 Å². The Hall–Kier alpha value is -1.87. The third-order valence-electron chi connectivity index (χ3n) is 2.63. The molecule has 0 aliphatic heterocycles. The fraction of sp³-hybridized carbons (Fsp3) is 0.538. The van der Waals surface area contributed by atoms with E-state index in [9.17, 15) is 18.0 Å². The van der Waals surface area contributed by atoms with Gasteiger partial charge in [0, 0.05) is 0 Å². The molecule has 22 heavy (non-hydrogen) atoms. The van der Waals surface area contributed by atoms with Crippen LogP contribution in [0.15, 0.2) is 21.6 Å². The fourth-order valence-electron chi connectivity index (χ4n) is 1.69. The Morgan fingerprint density at radius 2 is 2.00 bits per heavy atom. The van der Waals surface area contributed by atoms with Gasteiger partial charge in [0.05, 0.1) is 6.61 Å². The van der Waals surface area contributed by atoms with E-state index in [1.165, 1.54) is 0 Å². The Bertz CT molecular complexity index is 633. The molecular weight excluding hydrogens is 314 g/mol. The summed E-state index contributed by atoms with van der Waals surface area (Å²) in [6, 6.07) is 0.953. The molecule has 0 amide bonds. The van der Waals surface area contributed by atoms with Gasteiger partial charge in [0.2, 0.25) is 10.9 Å². The van der Waals surface area contributed by atoms with E-state index in [0.29, 0.717) is 0 Å². The molecule has 1 unspecified atom stereocenters. The van der Waals surface area contributed by atoms with E-state index in [2.05, 4.69) is 9.46 Å². The monoisotopic (exact) mass is 333 g/mol. The molecule has 1 heterocycles. The quantitative estimate of drug-likeness (QED) is 0.686. The number of ether oxygens (including phenoxy) is 1. The molecule has 0 aromatic carbocycles. The van der Waals surface area contributed by atoms with Gasteiger partial charge in [-0.25, -0.2) is 13.2 Å². The van der Waals surface area contributed by atoms with Crippen LogP contribution in [-0.2, 0) is 19.6 Å². The summed E-state index contributed by atoms with van der Waals surface area (Å²) in [5, 5.41) is 8.53. The number of hydrogen-bond acceptors (Lipinski definition) is 6. The van der Waals surface area contributed by atoms with Crippen LogP contribution in [0.25, 0.3) is 0 Å². The lowest BCUT2D eigenvalue weighted by atomic mass is 10.1. The first-order chi connectivity index (χ1) is 10.2. The minimum absolute atomic E-state index is 0.0181. The number of carbonyl (C=O) groups excluding carboxylic acids is 1. The molecule has 0 spiro atoms. The number of carboxylic acids is 1. The van der Waals surface area contributed by atoms with Gasteiger partial charge in [-0.15, -0.1) is 0 Å². The summed E-state index contributed by atoms with van der Waals surface area (Å²) in [5.74, 6) is -2.36. The van der Waals surface area contributed by atoms with Gasteiger partial charge in [0.25, 0.3) is 10.0 Å². The van der Waals surface area contributed by atoms with Gasteiger partial charge in [-0.3, -0.25) is 4.79 Å². The summed E-state index contributed by atoms with van der Waals surface area (Å²) < 4.78 is 35.9. The Labute approximate surface area is 128 Å². The van der Waals surface area contributed by atoms with Gasteiger partial charge >= 0.3 is 11.9 Å². The highest BCUT2D eigenvalue weighted by Crippen LogP contribution is 2.16. The molecule has 9 heteroatoms. The number of carbonyl (C=O) groups is 2. The van der Waals surface area contributed by atoms with Gasteiger partial charge in [-0.1, -0.05) is 13.8 Å². The number of rotatable bonds is 8. The van der Waals surface area contributed by atoms with Gasteiger partial charge in [-0.05, 0) is 31.4 Å². The zero-order chi connectivity index (χ0) is 16.9. The van der Waals surface area contributed by atoms with E-state index in [0.717, 1.165) is 12.1 Å². The molecule has 0 radical (unpaired) electrons. The molecule has 8 nitrogen and oxygen atoms in total. The molecule has 0 saturated carbocycles. The maximum atomic E-state index is 12.1. The lowest BCUT2D eigenvalue weighted by Gasteiger charge is -2.15. The number of hydrogen-bond donors (Lipinski definition) is 2. The van der Waals surface area contributed by atoms with Gasteiger partial charge < -0.3 is 14.3 Å². The van der Waals surface area contributed by atoms with Crippen LogP contribution >= 0.6 is 0 Å². The fourth-order valence-corrected chi connectivity index (χ4v) is 2.83. The second-order valence-corrected chi connectivity index (χ2v) is 6.63. The Kier molecular flexibility index (Phi) is 6.12. The predicted octanol–water partition coefficient (Wildman–Crippen LogP) is 1.23. The van der Waals surface area contributed by atoms with Crippen LogP contribution in [0.3, 0.4) is 0 Å². The second-order valence-electron chi connectivity index (χ2n) is 4.98. The molecule has 1 aromatic rings. The molecule has 0 aliphatic carbocycles. The van der Waals surface area contributed by atoms with Crippen LogP contribution in [0.4, 0.5) is 0 Å². The lowest BCUT2D eigenvalue weighted by molar-refractivity contribution is -0.139. The smallest absolute Gasteiger partial charge is 0.374 e. The first kappa shape index (κ1) is 18.2. The van der Waals surface area contributed by atoms with Crippen LogP contribution in [0.5, 0.6) is 0 Å². The highest BCUT2D eigenvalue weighted by Gasteiger charge is 2.29. The van der Waals surface area contributed by atoms with E-state index in [4.69, 9.17) is 9.52 Å². The topological polar surface area (TPSA) is 123 Å². The number of aliphatic carboxylic acids is 1. The van der Waals surface area contributed by atoms with E-state index >= 15 is 0 Å². The van der Waals surface area contributed by atoms with Crippen molar-refractivity contribution in [3.63, 3.8) is 0 Å². The van der Waals surface area contributed by atoms with E-state index < -0.39 is 33.1 Å². The first-order valence-corrected chi connectivity index (χ1v) is 8.17. The maximum absolute atomic E-state index is 12.1. The molecule has 1 rings (SSSR count). The summed E-state index contributed by atoms with van der Waals surface area (Å²) in [4.78, 5) is 22.5. The van der Waals surface area contributed by atoms with Crippen molar-refractivity contribution in [1.29, 1.82) is 0 Å². The summed E-state index contributed by atoms with van der Waals surface area (Å²) in [6.07, 6.45) is 0.125. The summed E-state index contributed by atoms with van der Waals surface area (Å²) in [5.41, 5.74) is 0. The van der Waals surface area contributed by atoms with Crippen molar-refractivity contribution in [2.24, 2.45) is 5.92 Å². The Balaban J connectivity index is 2.94. The van der Waals surface area contributed by atoms with Crippen LogP contribution < -0.4 is 4.72 Å². The largest absolute Gasteiger partial charge is 0.480 e. The molecule has 1 aromatic heterocycles. The summed E-state index contributed by atoms with van der Waals surface area (Å²) in [7, 11) is -4.18. The highest BCUT2D eigenvalue weighted by molar-refractivity contribution is 7.89. The van der Waals surface area contributed by atoms with Crippen molar-refractivity contribution >= 4 is 22.0 Å². The average Bonchev–Trinajstić information content (AvgIpc) is 2.87. The predicted molar refractivity (Wildman–Crippen MR) is 75.9 cm³/mol. The number of esters is 1. The van der Waals surface area contributed by atoms with E-state index in [1.807, 2.05) is 0 Å². The minimum atomic E-state index is -4.18. The SMILES string of the molecule is CCOC(=O)c1ccc(S(=O)(=O)NC(CC(C)C)C(=O)O)o1. The van der Waals surface area contributed by atoms with Crippen LogP contribution in [0, 0.1) is 5.92 Å². The summed E-state index contributed by atoms with van der Waals surface area (Å²) in [6.45, 7) is 5.27. The van der Waals surface area contributed by atoms with Gasteiger partial charge in [0.15, 0.2) is 0 Å². The van der Waals surface area contributed by atoms with Gasteiger partial charge in [0.1, 0.15) is 6.04 Å². The van der Waals surface area contributed by atoms with Crippen LogP contribution in [-0.4, -0.2) is 38.1 Å². The third-order valence-corrected chi connectivity index (χ3v) is 3.97. The van der Waals surface area contributed by atoms with Crippen molar-refractivity contribution in [3.05, 3.63) is 17.9 Å². The summed E-state index contributed by atoms with van der Waals surface area (Å²) >= 11 is 0. The highest BCUT2D eigenvalue weighted by atomic mass is 32.2. The zero-order valence-electron chi connectivity index (χ0n) is 12.5. The van der Waals surface area contributed by atoms with Gasteiger partial charge in [-0.2, -0.15) is 4.72 Å². The molecule has 0 fully saturated rings. The Morgan fingerprint density at radius 1 is 1.36 bits per heavy atom. The van der Waals surface area contributed by atoms with Crippen molar-refractivity contribution in [2.75, 3.05) is 6.61 Å². The van der Waals surface area contributed by atoms with Crippen LogP contribution in [0.1, 0.15) is 37.7 Å². The number of carboxylic acid groups (broad SMARTS) is 1. The van der Waals surface area contributed by atoms with Crippen molar-refractivity contribution < 1.29 is 32.3 Å².